The van der Waals surface area contributed by atoms with Crippen LogP contribution in [0.15, 0.2) is 61.2 Å². The van der Waals surface area contributed by atoms with Crippen LogP contribution in [0.5, 0.6) is 5.75 Å². The van der Waals surface area contributed by atoms with E-state index < -0.39 is 6.43 Å². The molecule has 2 aromatic carbocycles. The summed E-state index contributed by atoms with van der Waals surface area (Å²) >= 11 is 6.29. The molecule has 0 aliphatic heterocycles. The number of anilines is 2. The van der Waals surface area contributed by atoms with E-state index in [9.17, 15) is 8.78 Å². The molecular formula is C21H18ClF2N7O. The Morgan fingerprint density at radius 2 is 1.88 bits per heavy atom. The minimum Gasteiger partial charge on any atom is -0.487 e. The molecule has 0 amide bonds. The lowest BCUT2D eigenvalue weighted by Gasteiger charge is -2.16. The van der Waals surface area contributed by atoms with E-state index in [-0.39, 0.29) is 23.3 Å². The van der Waals surface area contributed by atoms with Crippen molar-refractivity contribution < 1.29 is 13.5 Å². The molecule has 0 aliphatic rings. The highest BCUT2D eigenvalue weighted by molar-refractivity contribution is 6.32. The molecule has 164 valence electrons. The van der Waals surface area contributed by atoms with Crippen molar-refractivity contribution in [3.05, 3.63) is 71.8 Å². The topological polar surface area (TPSA) is 90.6 Å². The average Bonchev–Trinajstić information content (AvgIpc) is 3.29. The van der Waals surface area contributed by atoms with Crippen molar-refractivity contribution in [2.45, 2.75) is 26.0 Å². The summed E-state index contributed by atoms with van der Waals surface area (Å²) in [5, 5.41) is 14.3. The molecule has 11 heteroatoms. The van der Waals surface area contributed by atoms with Crippen molar-refractivity contribution in [1.82, 2.24) is 30.2 Å². The number of aromatic nitrogens is 6. The first-order chi connectivity index (χ1) is 15.5. The molecule has 32 heavy (non-hydrogen) atoms. The first-order valence-electron chi connectivity index (χ1n) is 9.63. The van der Waals surface area contributed by atoms with E-state index in [1.165, 1.54) is 12.4 Å². The summed E-state index contributed by atoms with van der Waals surface area (Å²) in [5.74, 6) is 0.708. The largest absolute Gasteiger partial charge is 0.487 e. The zero-order valence-corrected chi connectivity index (χ0v) is 17.6. The van der Waals surface area contributed by atoms with Crippen molar-refractivity contribution in [3.63, 3.8) is 0 Å². The van der Waals surface area contributed by atoms with Gasteiger partial charge in [0.25, 0.3) is 6.43 Å². The Morgan fingerprint density at radius 3 is 2.59 bits per heavy atom. The Hall–Kier alpha value is -3.66. The number of alkyl halides is 2. The number of tetrazole rings is 1. The molecule has 4 rings (SSSR count). The molecule has 0 unspecified atom stereocenters. The quantitative estimate of drug-likeness (QED) is 0.401. The molecule has 0 fully saturated rings. The lowest BCUT2D eigenvalue weighted by atomic mass is 10.1. The van der Waals surface area contributed by atoms with Gasteiger partial charge in [0.15, 0.2) is 0 Å². The van der Waals surface area contributed by atoms with Crippen molar-refractivity contribution in [2.75, 3.05) is 5.32 Å². The number of para-hydroxylation sites is 1. The van der Waals surface area contributed by atoms with Crippen molar-refractivity contribution >= 4 is 23.2 Å². The average molecular weight is 458 g/mol. The number of halogens is 3. The first-order valence-corrected chi connectivity index (χ1v) is 10.0. The molecular weight excluding hydrogens is 440 g/mol. The monoisotopic (exact) mass is 457 g/mol. The summed E-state index contributed by atoms with van der Waals surface area (Å²) < 4.78 is 33.8. The van der Waals surface area contributed by atoms with Crippen LogP contribution in [-0.2, 0) is 6.54 Å². The first kappa shape index (κ1) is 21.6. The maximum absolute atomic E-state index is 13.2. The molecule has 0 aliphatic carbocycles. The molecule has 1 atom stereocenters. The fourth-order valence-corrected chi connectivity index (χ4v) is 3.18. The second-order valence-electron chi connectivity index (χ2n) is 6.91. The summed E-state index contributed by atoms with van der Waals surface area (Å²) in [6.45, 7) is 2.34. The predicted octanol–water partition coefficient (Wildman–Crippen LogP) is 4.93. The fraction of sp³-hybridized carbons (Fsp3) is 0.190. The van der Waals surface area contributed by atoms with Crippen LogP contribution in [-0.4, -0.2) is 36.3 Å². The maximum atomic E-state index is 13.2. The van der Waals surface area contributed by atoms with Crippen LogP contribution in [0.3, 0.4) is 0 Å². The second kappa shape index (κ2) is 9.65. The van der Waals surface area contributed by atoms with Gasteiger partial charge in [-0.2, -0.15) is 0 Å². The molecule has 4 aromatic rings. The number of rotatable bonds is 8. The molecule has 0 bridgehead atoms. The summed E-state index contributed by atoms with van der Waals surface area (Å²) in [6.07, 6.45) is 1.86. The van der Waals surface area contributed by atoms with E-state index in [4.69, 9.17) is 16.3 Å². The number of benzene rings is 2. The third-order valence-electron chi connectivity index (χ3n) is 4.52. The van der Waals surface area contributed by atoms with Crippen LogP contribution in [0, 0.1) is 0 Å². The van der Waals surface area contributed by atoms with Gasteiger partial charge < -0.3 is 10.1 Å². The van der Waals surface area contributed by atoms with E-state index in [1.807, 2.05) is 13.0 Å². The van der Waals surface area contributed by atoms with Crippen LogP contribution in [0.25, 0.3) is 11.1 Å². The Kier molecular flexibility index (Phi) is 6.50. The molecule has 0 spiro atoms. The van der Waals surface area contributed by atoms with Crippen molar-refractivity contribution in [2.24, 2.45) is 0 Å². The van der Waals surface area contributed by atoms with Crippen LogP contribution >= 0.6 is 11.6 Å². The van der Waals surface area contributed by atoms with Crippen LogP contribution < -0.4 is 10.1 Å². The van der Waals surface area contributed by atoms with Crippen molar-refractivity contribution in [3.8, 4) is 16.9 Å². The SMILES string of the molecule is C[C@@H](Cn1cnnn1)Oc1cc(-c2cnc(Nc3ccccc3C(F)F)nc2)ccc1Cl. The standard InChI is InChI=1S/C21H18ClF2N7O/c1-13(11-31-12-27-29-30-31)32-19-8-14(6-7-17(19)22)15-9-25-21(26-10-15)28-18-5-3-2-4-16(18)20(23)24/h2-10,12-13,20H,11H2,1H3,(H,25,26,28)/t13-/m0/s1. The van der Waals surface area contributed by atoms with Gasteiger partial charge in [-0.1, -0.05) is 35.9 Å². The Labute approximate surface area is 187 Å². The van der Waals surface area contributed by atoms with Crippen molar-refractivity contribution in [1.29, 1.82) is 0 Å². The van der Waals surface area contributed by atoms with Crippen LogP contribution in [0.4, 0.5) is 20.4 Å². The zero-order valence-electron chi connectivity index (χ0n) is 16.9. The van der Waals surface area contributed by atoms with Gasteiger partial charge in [-0.25, -0.2) is 23.4 Å². The summed E-state index contributed by atoms with van der Waals surface area (Å²) in [4.78, 5) is 8.49. The fourth-order valence-electron chi connectivity index (χ4n) is 3.02. The smallest absolute Gasteiger partial charge is 0.265 e. The highest BCUT2D eigenvalue weighted by atomic mass is 35.5. The van der Waals surface area contributed by atoms with Gasteiger partial charge >= 0.3 is 0 Å². The van der Waals surface area contributed by atoms with Gasteiger partial charge in [0.1, 0.15) is 18.2 Å². The highest BCUT2D eigenvalue weighted by Crippen LogP contribution is 2.32. The minimum absolute atomic E-state index is 0.115. The molecule has 2 heterocycles. The van der Waals surface area contributed by atoms with Gasteiger partial charge in [-0.15, -0.1) is 5.10 Å². The van der Waals surface area contributed by atoms with Gasteiger partial charge in [0.2, 0.25) is 5.95 Å². The second-order valence-corrected chi connectivity index (χ2v) is 7.32. The van der Waals surface area contributed by atoms with E-state index in [1.54, 1.807) is 47.4 Å². The number of ether oxygens (including phenoxy) is 1. The van der Waals surface area contributed by atoms with E-state index in [0.29, 0.717) is 22.9 Å². The summed E-state index contributed by atoms with van der Waals surface area (Å²) in [7, 11) is 0. The molecule has 0 saturated carbocycles. The molecule has 0 saturated heterocycles. The number of hydrogen-bond acceptors (Lipinski definition) is 7. The van der Waals surface area contributed by atoms with Crippen LogP contribution in [0.2, 0.25) is 5.02 Å². The number of nitrogens with one attached hydrogen (secondary N) is 1. The van der Waals surface area contributed by atoms with Gasteiger partial charge in [-0.3, -0.25) is 0 Å². The van der Waals surface area contributed by atoms with Gasteiger partial charge in [0.05, 0.1) is 11.6 Å². The Morgan fingerprint density at radius 1 is 1.09 bits per heavy atom. The van der Waals surface area contributed by atoms with E-state index >= 15 is 0 Å². The molecule has 0 radical (unpaired) electrons. The molecule has 8 nitrogen and oxygen atoms in total. The van der Waals surface area contributed by atoms with Gasteiger partial charge in [0, 0.05) is 29.2 Å². The lowest BCUT2D eigenvalue weighted by molar-refractivity contribution is 0.152. The minimum atomic E-state index is -2.60. The normalized spacial score (nSPS) is 12.0. The maximum Gasteiger partial charge on any atom is 0.265 e. The van der Waals surface area contributed by atoms with E-state index in [0.717, 1.165) is 5.56 Å². The Balaban J connectivity index is 1.49. The Bertz CT molecular complexity index is 1170. The summed E-state index contributed by atoms with van der Waals surface area (Å²) in [5.41, 5.74) is 1.65. The van der Waals surface area contributed by atoms with Crippen LogP contribution in [0.1, 0.15) is 18.9 Å². The molecule has 1 N–H and O–H groups in total. The third kappa shape index (κ3) is 5.14. The number of nitrogens with zero attached hydrogens (tertiary/aromatic N) is 6. The van der Waals surface area contributed by atoms with Gasteiger partial charge in [-0.05, 0) is 41.1 Å². The third-order valence-corrected chi connectivity index (χ3v) is 4.83. The highest BCUT2D eigenvalue weighted by Gasteiger charge is 2.14. The lowest BCUT2D eigenvalue weighted by Crippen LogP contribution is -2.20. The molecule has 2 aromatic heterocycles. The predicted molar refractivity (Wildman–Crippen MR) is 115 cm³/mol. The van der Waals surface area contributed by atoms with E-state index in [2.05, 4.69) is 30.8 Å². The summed E-state index contributed by atoms with van der Waals surface area (Å²) in [6, 6.07) is 11.5. The number of hydrogen-bond donors (Lipinski definition) is 1. The zero-order chi connectivity index (χ0) is 22.5.